The molecule has 2 atom stereocenters. The Morgan fingerprint density at radius 2 is 2.22 bits per heavy atom. The fourth-order valence-electron chi connectivity index (χ4n) is 2.87. The summed E-state index contributed by atoms with van der Waals surface area (Å²) >= 11 is 0. The number of methoxy groups -OCH3 is 1. The Morgan fingerprint density at radius 3 is 2.72 bits per heavy atom. The molecule has 0 saturated carbocycles. The molecule has 1 aromatic carbocycles. The molecule has 0 aromatic heterocycles. The summed E-state index contributed by atoms with van der Waals surface area (Å²) in [4.78, 5) is 2.25. The van der Waals surface area contributed by atoms with Gasteiger partial charge in [0.15, 0.2) is 11.6 Å². The van der Waals surface area contributed by atoms with Crippen LogP contribution in [0.5, 0.6) is 5.75 Å². The molecular weight excluding hydrogens is 231 g/mol. The first-order valence-corrected chi connectivity index (χ1v) is 6.31. The maximum atomic E-state index is 13.9. The molecule has 1 aromatic rings. The van der Waals surface area contributed by atoms with Gasteiger partial charge < -0.3 is 10.5 Å². The van der Waals surface area contributed by atoms with Gasteiger partial charge in [-0.1, -0.05) is 6.07 Å². The summed E-state index contributed by atoms with van der Waals surface area (Å²) in [6.07, 6.45) is 0.998. The van der Waals surface area contributed by atoms with Crippen LogP contribution in [0.2, 0.25) is 0 Å². The highest BCUT2D eigenvalue weighted by Crippen LogP contribution is 2.36. The molecule has 2 N–H and O–H groups in total. The summed E-state index contributed by atoms with van der Waals surface area (Å²) in [5, 5.41) is 0. The minimum Gasteiger partial charge on any atom is -0.493 e. The van der Waals surface area contributed by atoms with E-state index in [9.17, 15) is 4.39 Å². The van der Waals surface area contributed by atoms with E-state index in [0.717, 1.165) is 24.1 Å². The number of likely N-dealkylation sites (tertiary alicyclic amines) is 1. The third-order valence-corrected chi connectivity index (χ3v) is 3.81. The molecule has 0 amide bonds. The Morgan fingerprint density at radius 1 is 1.50 bits per heavy atom. The Hall–Kier alpha value is -1.13. The SMILES string of the molecule is COc1c(C)cc(C2CC(CN)CN2C)cc1F. The van der Waals surface area contributed by atoms with Crippen molar-refractivity contribution >= 4 is 0 Å². The highest BCUT2D eigenvalue weighted by atomic mass is 19.1. The largest absolute Gasteiger partial charge is 0.493 e. The Labute approximate surface area is 108 Å². The number of benzene rings is 1. The fraction of sp³-hybridized carbons (Fsp3) is 0.571. The van der Waals surface area contributed by atoms with Crippen molar-refractivity contribution in [2.24, 2.45) is 11.7 Å². The fourth-order valence-corrected chi connectivity index (χ4v) is 2.87. The average Bonchev–Trinajstić information content (AvgIpc) is 2.70. The van der Waals surface area contributed by atoms with Gasteiger partial charge in [-0.05, 0) is 50.0 Å². The molecule has 1 aliphatic heterocycles. The Bertz CT molecular complexity index is 413. The van der Waals surface area contributed by atoms with Gasteiger partial charge in [0, 0.05) is 12.6 Å². The standard InChI is InChI=1S/C14H21FN2O/c1-9-4-11(6-12(15)14(9)18-3)13-5-10(7-16)8-17(13)2/h4,6,10,13H,5,7-8,16H2,1-3H3. The van der Waals surface area contributed by atoms with Crippen LogP contribution in [0, 0.1) is 18.7 Å². The van der Waals surface area contributed by atoms with Crippen LogP contribution >= 0.6 is 0 Å². The predicted molar refractivity (Wildman–Crippen MR) is 70.2 cm³/mol. The smallest absolute Gasteiger partial charge is 0.165 e. The van der Waals surface area contributed by atoms with Gasteiger partial charge in [-0.2, -0.15) is 0 Å². The quantitative estimate of drug-likeness (QED) is 0.895. The third-order valence-electron chi connectivity index (χ3n) is 3.81. The van der Waals surface area contributed by atoms with Crippen LogP contribution in [-0.2, 0) is 0 Å². The molecule has 0 aliphatic carbocycles. The second-order valence-electron chi connectivity index (χ2n) is 5.15. The first-order valence-electron chi connectivity index (χ1n) is 6.31. The molecule has 1 saturated heterocycles. The first kappa shape index (κ1) is 13.3. The summed E-state index contributed by atoms with van der Waals surface area (Å²) in [6.45, 7) is 3.55. The predicted octanol–water partition coefficient (Wildman–Crippen LogP) is 2.09. The van der Waals surface area contributed by atoms with E-state index in [1.54, 1.807) is 6.07 Å². The van der Waals surface area contributed by atoms with Crippen LogP contribution in [0.15, 0.2) is 12.1 Å². The maximum absolute atomic E-state index is 13.9. The van der Waals surface area contributed by atoms with Crippen LogP contribution in [0.3, 0.4) is 0 Å². The molecule has 1 fully saturated rings. The van der Waals surface area contributed by atoms with E-state index >= 15 is 0 Å². The van der Waals surface area contributed by atoms with Crippen LogP contribution < -0.4 is 10.5 Å². The van der Waals surface area contributed by atoms with Crippen molar-refractivity contribution < 1.29 is 9.13 Å². The topological polar surface area (TPSA) is 38.5 Å². The van der Waals surface area contributed by atoms with Crippen LogP contribution in [0.25, 0.3) is 0 Å². The molecule has 0 radical (unpaired) electrons. The molecule has 1 aliphatic rings. The van der Waals surface area contributed by atoms with E-state index in [1.807, 2.05) is 13.0 Å². The monoisotopic (exact) mass is 252 g/mol. The van der Waals surface area contributed by atoms with Gasteiger partial charge >= 0.3 is 0 Å². The summed E-state index contributed by atoms with van der Waals surface area (Å²) in [7, 11) is 3.56. The Balaban J connectivity index is 2.29. The number of nitrogens with two attached hydrogens (primary N) is 1. The van der Waals surface area contributed by atoms with Crippen LogP contribution in [0.4, 0.5) is 4.39 Å². The Kier molecular flexibility index (Phi) is 3.88. The zero-order chi connectivity index (χ0) is 13.3. The second-order valence-corrected chi connectivity index (χ2v) is 5.15. The van der Waals surface area contributed by atoms with Crippen molar-refractivity contribution in [3.8, 4) is 5.75 Å². The minimum atomic E-state index is -0.280. The van der Waals surface area contributed by atoms with Gasteiger partial charge in [0.25, 0.3) is 0 Å². The zero-order valence-electron chi connectivity index (χ0n) is 11.2. The number of nitrogens with zero attached hydrogens (tertiary/aromatic N) is 1. The maximum Gasteiger partial charge on any atom is 0.165 e. The number of hydrogen-bond acceptors (Lipinski definition) is 3. The van der Waals surface area contributed by atoms with Gasteiger partial charge in [-0.25, -0.2) is 4.39 Å². The number of aryl methyl sites for hydroxylation is 1. The summed E-state index contributed by atoms with van der Waals surface area (Å²) in [5.74, 6) is 0.567. The molecule has 1 heterocycles. The van der Waals surface area contributed by atoms with Gasteiger partial charge in [-0.3, -0.25) is 4.90 Å². The molecule has 2 rings (SSSR count). The molecular formula is C14H21FN2O. The van der Waals surface area contributed by atoms with Crippen LogP contribution in [-0.4, -0.2) is 32.1 Å². The molecule has 0 spiro atoms. The van der Waals surface area contributed by atoms with E-state index in [2.05, 4.69) is 11.9 Å². The lowest BCUT2D eigenvalue weighted by atomic mass is 9.98. The third kappa shape index (κ3) is 2.35. The number of halogens is 1. The number of ether oxygens (including phenoxy) is 1. The summed E-state index contributed by atoms with van der Waals surface area (Å²) < 4.78 is 19.0. The highest BCUT2D eigenvalue weighted by Gasteiger charge is 2.30. The van der Waals surface area contributed by atoms with E-state index < -0.39 is 0 Å². The lowest BCUT2D eigenvalue weighted by Gasteiger charge is -2.21. The van der Waals surface area contributed by atoms with Crippen molar-refractivity contribution in [1.29, 1.82) is 0 Å². The van der Waals surface area contributed by atoms with E-state index in [4.69, 9.17) is 10.5 Å². The van der Waals surface area contributed by atoms with Gasteiger partial charge in [0.05, 0.1) is 7.11 Å². The van der Waals surface area contributed by atoms with Gasteiger partial charge in [0.1, 0.15) is 0 Å². The number of hydrogen-bond donors (Lipinski definition) is 1. The van der Waals surface area contributed by atoms with Gasteiger partial charge in [0.2, 0.25) is 0 Å². The lowest BCUT2D eigenvalue weighted by Crippen LogP contribution is -2.20. The van der Waals surface area contributed by atoms with Crippen molar-refractivity contribution in [1.82, 2.24) is 4.90 Å². The molecule has 3 nitrogen and oxygen atoms in total. The first-order chi connectivity index (χ1) is 8.56. The van der Waals surface area contributed by atoms with E-state index in [1.165, 1.54) is 7.11 Å². The molecule has 18 heavy (non-hydrogen) atoms. The van der Waals surface area contributed by atoms with Crippen molar-refractivity contribution in [2.75, 3.05) is 27.2 Å². The summed E-state index contributed by atoms with van der Waals surface area (Å²) in [6, 6.07) is 3.87. The normalized spacial score (nSPS) is 24.5. The zero-order valence-corrected chi connectivity index (χ0v) is 11.2. The second kappa shape index (κ2) is 5.24. The summed E-state index contributed by atoms with van der Waals surface area (Å²) in [5.41, 5.74) is 7.58. The average molecular weight is 252 g/mol. The minimum absolute atomic E-state index is 0.262. The van der Waals surface area contributed by atoms with Crippen molar-refractivity contribution in [3.63, 3.8) is 0 Å². The molecule has 2 unspecified atom stereocenters. The van der Waals surface area contributed by atoms with Gasteiger partial charge in [-0.15, -0.1) is 0 Å². The highest BCUT2D eigenvalue weighted by molar-refractivity contribution is 5.39. The van der Waals surface area contributed by atoms with E-state index in [0.29, 0.717) is 18.2 Å². The van der Waals surface area contributed by atoms with E-state index in [-0.39, 0.29) is 11.9 Å². The number of rotatable bonds is 3. The molecule has 4 heteroatoms. The molecule has 100 valence electrons. The van der Waals surface area contributed by atoms with Crippen molar-refractivity contribution in [3.05, 3.63) is 29.1 Å². The van der Waals surface area contributed by atoms with Crippen LogP contribution in [0.1, 0.15) is 23.6 Å². The lowest BCUT2D eigenvalue weighted by molar-refractivity contribution is 0.311. The molecule has 0 bridgehead atoms. The van der Waals surface area contributed by atoms with Crippen molar-refractivity contribution in [2.45, 2.75) is 19.4 Å².